The molecule has 0 spiro atoms. The van der Waals surface area contributed by atoms with Gasteiger partial charge in [-0.1, -0.05) is 0 Å². The van der Waals surface area contributed by atoms with Crippen LogP contribution in [0.25, 0.3) is 0 Å². The number of nitrogens with one attached hydrogen (secondary N) is 2. The molecule has 11 heteroatoms. The van der Waals surface area contributed by atoms with Crippen LogP contribution in [-0.2, 0) is 9.59 Å². The fraction of sp³-hybridized carbons (Fsp3) is 0.714. The molecule has 2 aliphatic rings. The molecule has 2 aliphatic heterocycles. The number of hydrogen-bond donors (Lipinski definition) is 4. The Labute approximate surface area is 144 Å². The Kier molecular flexibility index (Phi) is 5.07. The van der Waals surface area contributed by atoms with E-state index in [1.807, 2.05) is 0 Å². The molecule has 0 aliphatic carbocycles. The molecule has 2 bridgehead atoms. The van der Waals surface area contributed by atoms with E-state index in [1.54, 1.807) is 20.8 Å². The van der Waals surface area contributed by atoms with Crippen molar-refractivity contribution < 1.29 is 29.5 Å². The monoisotopic (exact) mass is 357 g/mol. The average Bonchev–Trinajstić information content (AvgIpc) is 2.73. The van der Waals surface area contributed by atoms with Gasteiger partial charge in [-0.15, -0.1) is 0 Å². The summed E-state index contributed by atoms with van der Waals surface area (Å²) in [4.78, 5) is 49.3. The van der Waals surface area contributed by atoms with E-state index < -0.39 is 42.1 Å². The second-order valence-electron chi connectivity index (χ2n) is 7.10. The molecule has 0 aromatic heterocycles. The number of urea groups is 1. The van der Waals surface area contributed by atoms with Crippen LogP contribution in [-0.4, -0.2) is 79.8 Å². The molecule has 2 heterocycles. The van der Waals surface area contributed by atoms with Crippen molar-refractivity contribution in [3.05, 3.63) is 0 Å². The van der Waals surface area contributed by atoms with E-state index in [9.17, 15) is 24.4 Å². The Balaban J connectivity index is 1.88. The zero-order valence-electron chi connectivity index (χ0n) is 14.4. The van der Waals surface area contributed by atoms with Gasteiger partial charge in [0.25, 0.3) is 11.8 Å². The number of hydrazine groups is 1. The summed E-state index contributed by atoms with van der Waals surface area (Å²) in [6.45, 7) is 4.73. The molecular weight excluding hydrogens is 334 g/mol. The third kappa shape index (κ3) is 3.92. The molecule has 2 unspecified atom stereocenters. The van der Waals surface area contributed by atoms with Gasteiger partial charge >= 0.3 is 12.1 Å². The lowest BCUT2D eigenvalue weighted by atomic mass is 10.0. The summed E-state index contributed by atoms with van der Waals surface area (Å²) in [5.41, 5.74) is 3.60. The highest BCUT2D eigenvalue weighted by Crippen LogP contribution is 2.28. The Morgan fingerprint density at radius 3 is 2.44 bits per heavy atom. The van der Waals surface area contributed by atoms with E-state index >= 15 is 0 Å². The van der Waals surface area contributed by atoms with Crippen molar-refractivity contribution in [3.63, 3.8) is 0 Å². The number of piperidine rings is 1. The van der Waals surface area contributed by atoms with Crippen molar-refractivity contribution in [1.29, 1.82) is 0 Å². The van der Waals surface area contributed by atoms with E-state index in [0.29, 0.717) is 17.9 Å². The van der Waals surface area contributed by atoms with Crippen LogP contribution in [0.5, 0.6) is 0 Å². The predicted octanol–water partition coefficient (Wildman–Crippen LogP) is -0.430. The lowest BCUT2D eigenvalue weighted by Crippen LogP contribution is -2.56. The van der Waals surface area contributed by atoms with Crippen LogP contribution in [0.1, 0.15) is 33.6 Å². The van der Waals surface area contributed by atoms with Crippen molar-refractivity contribution in [2.24, 2.45) is 0 Å². The highest BCUT2D eigenvalue weighted by molar-refractivity contribution is 5.90. The largest absolute Gasteiger partial charge is 0.465 e. The van der Waals surface area contributed by atoms with Crippen LogP contribution in [0.2, 0.25) is 0 Å². The number of carbonyl (C=O) groups is 4. The molecule has 2 atom stereocenters. The second-order valence-corrected chi connectivity index (χ2v) is 7.10. The van der Waals surface area contributed by atoms with Crippen LogP contribution in [0.4, 0.5) is 9.59 Å². The smallest absolute Gasteiger partial charge is 0.408 e. The van der Waals surface area contributed by atoms with E-state index in [4.69, 9.17) is 5.11 Å². The molecule has 5 amide bonds. The summed E-state index contributed by atoms with van der Waals surface area (Å²) in [6, 6.07) is -1.75. The van der Waals surface area contributed by atoms with E-state index in [2.05, 4.69) is 10.9 Å². The maximum absolute atomic E-state index is 12.2. The number of fused-ring (bicyclic) bond motifs is 2. The normalized spacial score (nSPS) is 22.6. The number of carbonyl (C=O) groups excluding carboxylic acids is 3. The van der Waals surface area contributed by atoms with Crippen LogP contribution in [0.15, 0.2) is 0 Å². The standard InChI is InChI=1S/C14H23N5O6/c1-14(2,3)18(13(23)24)7-10(20)15-16-11(21)9-5-4-8-6-17(9)12(22)19(8)25/h8-9,25H,4-7H2,1-3H3,(H,15,20)(H,16,21)(H,23,24). The molecule has 25 heavy (non-hydrogen) atoms. The molecular formula is C14H23N5O6. The first-order valence-corrected chi connectivity index (χ1v) is 7.90. The molecule has 2 rings (SSSR count). The SMILES string of the molecule is CC(C)(C)N(CC(=O)NNC(=O)C1CCC2CN1C(=O)N2O)C(=O)O. The summed E-state index contributed by atoms with van der Waals surface area (Å²) in [6.07, 6.45) is -0.419. The lowest BCUT2D eigenvalue weighted by molar-refractivity contribution is -0.132. The first-order chi connectivity index (χ1) is 11.5. The topological polar surface area (TPSA) is 143 Å². The number of carboxylic acid groups (broad SMARTS) is 1. The average molecular weight is 357 g/mol. The summed E-state index contributed by atoms with van der Waals surface area (Å²) >= 11 is 0. The summed E-state index contributed by atoms with van der Waals surface area (Å²) in [7, 11) is 0. The van der Waals surface area contributed by atoms with Gasteiger partial charge in [-0.3, -0.25) is 30.5 Å². The fourth-order valence-electron chi connectivity index (χ4n) is 2.91. The van der Waals surface area contributed by atoms with Crippen molar-refractivity contribution >= 4 is 23.9 Å². The number of nitrogens with zero attached hydrogens (tertiary/aromatic N) is 3. The third-order valence-corrected chi connectivity index (χ3v) is 4.31. The minimum atomic E-state index is -1.25. The van der Waals surface area contributed by atoms with Crippen LogP contribution < -0.4 is 10.9 Å². The number of amides is 5. The first kappa shape index (κ1) is 18.8. The summed E-state index contributed by atoms with van der Waals surface area (Å²) < 4.78 is 0. The molecule has 0 aromatic carbocycles. The lowest BCUT2D eigenvalue weighted by Gasteiger charge is -2.32. The van der Waals surface area contributed by atoms with Crippen LogP contribution in [0.3, 0.4) is 0 Å². The molecule has 0 aromatic rings. The Morgan fingerprint density at radius 2 is 1.88 bits per heavy atom. The minimum Gasteiger partial charge on any atom is -0.465 e. The van der Waals surface area contributed by atoms with Gasteiger partial charge in [0, 0.05) is 12.1 Å². The zero-order chi connectivity index (χ0) is 18.9. The molecule has 11 nitrogen and oxygen atoms in total. The van der Waals surface area contributed by atoms with Gasteiger partial charge in [0.15, 0.2) is 0 Å². The molecule has 2 fully saturated rings. The van der Waals surface area contributed by atoms with Crippen molar-refractivity contribution in [3.8, 4) is 0 Å². The van der Waals surface area contributed by atoms with E-state index in [-0.39, 0.29) is 12.6 Å². The second kappa shape index (κ2) is 6.75. The molecule has 2 saturated heterocycles. The van der Waals surface area contributed by atoms with Gasteiger partial charge < -0.3 is 10.0 Å². The number of rotatable bonds is 3. The van der Waals surface area contributed by atoms with Crippen molar-refractivity contribution in [1.82, 2.24) is 25.7 Å². The quantitative estimate of drug-likeness (QED) is 0.399. The van der Waals surface area contributed by atoms with Gasteiger partial charge in [-0.05, 0) is 33.6 Å². The van der Waals surface area contributed by atoms with Crippen LogP contribution >= 0.6 is 0 Å². The van der Waals surface area contributed by atoms with E-state index in [1.165, 1.54) is 4.90 Å². The molecule has 140 valence electrons. The number of hydroxylamine groups is 2. The maximum atomic E-state index is 12.2. The summed E-state index contributed by atoms with van der Waals surface area (Å²) in [5, 5.41) is 19.4. The van der Waals surface area contributed by atoms with Crippen molar-refractivity contribution in [2.45, 2.75) is 51.2 Å². The Hall–Kier alpha value is -2.56. The highest BCUT2D eigenvalue weighted by Gasteiger charge is 2.46. The molecule has 0 radical (unpaired) electrons. The highest BCUT2D eigenvalue weighted by atomic mass is 16.5. The fourth-order valence-corrected chi connectivity index (χ4v) is 2.91. The Morgan fingerprint density at radius 1 is 1.24 bits per heavy atom. The van der Waals surface area contributed by atoms with Gasteiger partial charge in [-0.2, -0.15) is 0 Å². The molecule has 4 N–H and O–H groups in total. The first-order valence-electron chi connectivity index (χ1n) is 7.90. The summed E-state index contributed by atoms with van der Waals surface area (Å²) in [5.74, 6) is -1.29. The van der Waals surface area contributed by atoms with Crippen LogP contribution in [0, 0.1) is 0 Å². The van der Waals surface area contributed by atoms with Gasteiger partial charge in [-0.25, -0.2) is 14.7 Å². The van der Waals surface area contributed by atoms with E-state index in [0.717, 1.165) is 4.90 Å². The number of hydrogen-bond acceptors (Lipinski definition) is 5. The predicted molar refractivity (Wildman–Crippen MR) is 83.3 cm³/mol. The van der Waals surface area contributed by atoms with Gasteiger partial charge in [0.05, 0.1) is 6.04 Å². The minimum absolute atomic E-state index is 0.248. The maximum Gasteiger partial charge on any atom is 0.408 e. The van der Waals surface area contributed by atoms with Crippen molar-refractivity contribution in [2.75, 3.05) is 13.1 Å². The van der Waals surface area contributed by atoms with Gasteiger partial charge in [0.1, 0.15) is 12.6 Å². The van der Waals surface area contributed by atoms with Gasteiger partial charge in [0.2, 0.25) is 0 Å². The zero-order valence-corrected chi connectivity index (χ0v) is 14.4. The third-order valence-electron chi connectivity index (χ3n) is 4.31. The Bertz CT molecular complexity index is 589. The molecule has 0 saturated carbocycles.